The van der Waals surface area contributed by atoms with E-state index in [9.17, 15) is 13.5 Å². The topological polar surface area (TPSA) is 75.6 Å². The van der Waals surface area contributed by atoms with Crippen molar-refractivity contribution in [3.05, 3.63) is 22.7 Å². The van der Waals surface area contributed by atoms with Crippen LogP contribution in [-0.2, 0) is 10.0 Å². The average molecular weight is 350 g/mol. The first-order valence-corrected chi connectivity index (χ1v) is 8.18. The number of aliphatic hydroxyl groups excluding tert-OH is 1. The highest BCUT2D eigenvalue weighted by Gasteiger charge is 2.40. The number of hydrogen-bond donors (Lipinski definition) is 2. The zero-order valence-electron chi connectivity index (χ0n) is 10.5. The van der Waals surface area contributed by atoms with Crippen LogP contribution in [-0.4, -0.2) is 32.8 Å². The predicted octanol–water partition coefficient (Wildman–Crippen LogP) is 1.65. The Kier molecular flexibility index (Phi) is 4.20. The SMILES string of the molecule is COc1ccc(S(=O)(=O)NC2(CO)CCC2)cc1Br. The van der Waals surface area contributed by atoms with Gasteiger partial charge in [0.15, 0.2) is 0 Å². The lowest BCUT2D eigenvalue weighted by Crippen LogP contribution is -2.55. The smallest absolute Gasteiger partial charge is 0.241 e. The molecule has 0 aliphatic heterocycles. The van der Waals surface area contributed by atoms with Crippen molar-refractivity contribution < 1.29 is 18.3 Å². The normalized spacial score (nSPS) is 17.8. The largest absolute Gasteiger partial charge is 0.496 e. The monoisotopic (exact) mass is 349 g/mol. The van der Waals surface area contributed by atoms with Gasteiger partial charge in [0.05, 0.1) is 28.6 Å². The van der Waals surface area contributed by atoms with Crippen LogP contribution in [0, 0.1) is 0 Å². The summed E-state index contributed by atoms with van der Waals surface area (Å²) in [6.07, 6.45) is 2.26. The van der Waals surface area contributed by atoms with Crippen LogP contribution in [0.1, 0.15) is 19.3 Å². The molecule has 2 rings (SSSR count). The number of nitrogens with one attached hydrogen (secondary N) is 1. The van der Waals surface area contributed by atoms with Gasteiger partial charge < -0.3 is 9.84 Å². The van der Waals surface area contributed by atoms with E-state index in [1.165, 1.54) is 19.2 Å². The molecule has 0 saturated heterocycles. The second-order valence-electron chi connectivity index (χ2n) is 4.69. The maximum atomic E-state index is 12.3. The number of rotatable bonds is 5. The van der Waals surface area contributed by atoms with Crippen LogP contribution >= 0.6 is 15.9 Å². The third-order valence-electron chi connectivity index (χ3n) is 3.40. The maximum Gasteiger partial charge on any atom is 0.241 e. The summed E-state index contributed by atoms with van der Waals surface area (Å²) in [6.45, 7) is -0.177. The van der Waals surface area contributed by atoms with E-state index in [0.717, 1.165) is 6.42 Å². The zero-order chi connectivity index (χ0) is 14.1. The molecule has 5 nitrogen and oxygen atoms in total. The zero-order valence-corrected chi connectivity index (χ0v) is 12.9. The summed E-state index contributed by atoms with van der Waals surface area (Å²) in [4.78, 5) is 0.153. The summed E-state index contributed by atoms with van der Waals surface area (Å²) in [5.74, 6) is 0.569. The van der Waals surface area contributed by atoms with Crippen molar-refractivity contribution in [2.45, 2.75) is 29.7 Å². The molecule has 0 aromatic heterocycles. The molecule has 106 valence electrons. The summed E-state index contributed by atoms with van der Waals surface area (Å²) in [7, 11) is -2.12. The van der Waals surface area contributed by atoms with Gasteiger partial charge in [-0.25, -0.2) is 13.1 Å². The minimum absolute atomic E-state index is 0.153. The van der Waals surface area contributed by atoms with Gasteiger partial charge in [0, 0.05) is 0 Å². The van der Waals surface area contributed by atoms with E-state index in [-0.39, 0.29) is 11.5 Å². The standard InChI is InChI=1S/C12H16BrNO4S/c1-18-11-4-3-9(7-10(11)13)19(16,17)14-12(8-15)5-2-6-12/h3-4,7,14-15H,2,5-6,8H2,1H3. The molecule has 1 fully saturated rings. The van der Waals surface area contributed by atoms with Gasteiger partial charge in [0.1, 0.15) is 5.75 Å². The van der Waals surface area contributed by atoms with Crippen LogP contribution in [0.4, 0.5) is 0 Å². The number of hydrogen-bond acceptors (Lipinski definition) is 4. The van der Waals surface area contributed by atoms with Gasteiger partial charge in [0.2, 0.25) is 10.0 Å². The van der Waals surface area contributed by atoms with Gasteiger partial charge in [-0.1, -0.05) is 0 Å². The first kappa shape index (κ1) is 14.8. The van der Waals surface area contributed by atoms with Crippen LogP contribution in [0.5, 0.6) is 5.75 Å². The molecular formula is C12H16BrNO4S. The number of aliphatic hydroxyl groups is 1. The van der Waals surface area contributed by atoms with Gasteiger partial charge in [-0.05, 0) is 53.4 Å². The molecule has 2 N–H and O–H groups in total. The van der Waals surface area contributed by atoms with Crippen LogP contribution in [0.25, 0.3) is 0 Å². The molecule has 0 bridgehead atoms. The third-order valence-corrected chi connectivity index (χ3v) is 5.59. The molecule has 0 amide bonds. The highest BCUT2D eigenvalue weighted by molar-refractivity contribution is 9.10. The lowest BCUT2D eigenvalue weighted by atomic mass is 9.78. The second kappa shape index (κ2) is 5.40. The summed E-state index contributed by atoms with van der Waals surface area (Å²) < 4.78 is 32.8. The lowest BCUT2D eigenvalue weighted by molar-refractivity contribution is 0.110. The number of sulfonamides is 1. The Bertz CT molecular complexity index is 564. The predicted molar refractivity (Wildman–Crippen MR) is 74.7 cm³/mol. The van der Waals surface area contributed by atoms with E-state index in [1.807, 2.05) is 0 Å². The lowest BCUT2D eigenvalue weighted by Gasteiger charge is -2.40. The van der Waals surface area contributed by atoms with Crippen molar-refractivity contribution in [1.82, 2.24) is 4.72 Å². The van der Waals surface area contributed by atoms with Crippen LogP contribution in [0.15, 0.2) is 27.6 Å². The third kappa shape index (κ3) is 2.94. The minimum Gasteiger partial charge on any atom is -0.496 e. The number of benzene rings is 1. The van der Waals surface area contributed by atoms with Crippen LogP contribution in [0.3, 0.4) is 0 Å². The van der Waals surface area contributed by atoms with Gasteiger partial charge >= 0.3 is 0 Å². The quantitative estimate of drug-likeness (QED) is 0.847. The molecule has 1 aromatic carbocycles. The Morgan fingerprint density at radius 1 is 1.47 bits per heavy atom. The summed E-state index contributed by atoms with van der Waals surface area (Å²) >= 11 is 3.26. The molecule has 0 unspecified atom stereocenters. The first-order valence-electron chi connectivity index (χ1n) is 5.91. The fourth-order valence-corrected chi connectivity index (χ4v) is 4.22. The Morgan fingerprint density at radius 2 is 2.16 bits per heavy atom. The number of methoxy groups -OCH3 is 1. The molecule has 0 radical (unpaired) electrons. The van der Waals surface area contributed by atoms with E-state index < -0.39 is 15.6 Å². The van der Waals surface area contributed by atoms with Crippen LogP contribution < -0.4 is 9.46 Å². The number of ether oxygens (including phenoxy) is 1. The van der Waals surface area contributed by atoms with Gasteiger partial charge in [-0.15, -0.1) is 0 Å². The highest BCUT2D eigenvalue weighted by atomic mass is 79.9. The van der Waals surface area contributed by atoms with E-state index in [1.54, 1.807) is 6.07 Å². The van der Waals surface area contributed by atoms with Crippen molar-refractivity contribution in [2.24, 2.45) is 0 Å². The average Bonchev–Trinajstić information content (AvgIpc) is 2.34. The summed E-state index contributed by atoms with van der Waals surface area (Å²) in [5.41, 5.74) is -0.689. The highest BCUT2D eigenvalue weighted by Crippen LogP contribution is 2.34. The van der Waals surface area contributed by atoms with Crippen molar-refractivity contribution in [1.29, 1.82) is 0 Å². The molecule has 1 saturated carbocycles. The second-order valence-corrected chi connectivity index (χ2v) is 7.23. The van der Waals surface area contributed by atoms with Gasteiger partial charge in [-0.3, -0.25) is 0 Å². The molecular weight excluding hydrogens is 334 g/mol. The van der Waals surface area contributed by atoms with Crippen molar-refractivity contribution in [2.75, 3.05) is 13.7 Å². The van der Waals surface area contributed by atoms with Crippen molar-refractivity contribution >= 4 is 26.0 Å². The summed E-state index contributed by atoms with van der Waals surface area (Å²) in [6, 6.07) is 4.56. The Balaban J connectivity index is 2.27. The Labute approximate surface area is 121 Å². The van der Waals surface area contributed by atoms with Crippen LogP contribution in [0.2, 0.25) is 0 Å². The molecule has 0 atom stereocenters. The Hall–Kier alpha value is -0.630. The molecule has 1 aliphatic carbocycles. The maximum absolute atomic E-state index is 12.3. The van der Waals surface area contributed by atoms with E-state index in [2.05, 4.69) is 20.7 Å². The summed E-state index contributed by atoms with van der Waals surface area (Å²) in [5, 5.41) is 9.33. The van der Waals surface area contributed by atoms with E-state index in [0.29, 0.717) is 23.1 Å². The van der Waals surface area contributed by atoms with Crippen molar-refractivity contribution in [3.63, 3.8) is 0 Å². The Morgan fingerprint density at radius 3 is 2.58 bits per heavy atom. The number of halogens is 1. The van der Waals surface area contributed by atoms with E-state index >= 15 is 0 Å². The van der Waals surface area contributed by atoms with Gasteiger partial charge in [-0.2, -0.15) is 0 Å². The van der Waals surface area contributed by atoms with Gasteiger partial charge in [0.25, 0.3) is 0 Å². The fraction of sp³-hybridized carbons (Fsp3) is 0.500. The molecule has 1 aromatic rings. The fourth-order valence-electron chi connectivity index (χ4n) is 2.05. The molecule has 0 spiro atoms. The first-order chi connectivity index (χ1) is 8.92. The molecule has 1 aliphatic rings. The molecule has 7 heteroatoms. The molecule has 0 heterocycles. The van der Waals surface area contributed by atoms with Crippen molar-refractivity contribution in [3.8, 4) is 5.75 Å². The molecule has 19 heavy (non-hydrogen) atoms. The minimum atomic E-state index is -3.63. The van der Waals surface area contributed by atoms with E-state index in [4.69, 9.17) is 4.74 Å².